The lowest BCUT2D eigenvalue weighted by atomic mass is 9.93. The van der Waals surface area contributed by atoms with Gasteiger partial charge in [-0.15, -0.1) is 0 Å². The number of nitrogens with one attached hydrogen (secondary N) is 1. The zero-order valence-electron chi connectivity index (χ0n) is 17.9. The maximum Gasteiger partial charge on any atom is 0.247 e. The van der Waals surface area contributed by atoms with E-state index in [0.29, 0.717) is 11.4 Å². The molecule has 1 aromatic rings. The van der Waals surface area contributed by atoms with Crippen LogP contribution in [0.2, 0.25) is 0 Å². The van der Waals surface area contributed by atoms with Crippen molar-refractivity contribution in [2.75, 3.05) is 31.4 Å². The highest BCUT2D eigenvalue weighted by molar-refractivity contribution is 7.88. The van der Waals surface area contributed by atoms with Gasteiger partial charge in [0, 0.05) is 12.6 Å². The number of carbonyl (C=O) groups excluding carboxylic acids is 2. The molecular weight excluding hydrogens is 406 g/mol. The molecule has 1 aliphatic carbocycles. The number of nitrogens with zero attached hydrogens (tertiary/aromatic N) is 2. The van der Waals surface area contributed by atoms with Gasteiger partial charge in [0.25, 0.3) is 0 Å². The van der Waals surface area contributed by atoms with E-state index in [1.54, 1.807) is 31.2 Å². The fourth-order valence-corrected chi connectivity index (χ4v) is 5.18. The molecule has 1 heterocycles. The Morgan fingerprint density at radius 1 is 1.17 bits per heavy atom. The van der Waals surface area contributed by atoms with Crippen LogP contribution >= 0.6 is 0 Å². The van der Waals surface area contributed by atoms with Crippen molar-refractivity contribution < 1.29 is 22.7 Å². The van der Waals surface area contributed by atoms with Crippen LogP contribution in [0.15, 0.2) is 24.3 Å². The molecule has 1 atom stereocenters. The van der Waals surface area contributed by atoms with Crippen molar-refractivity contribution in [3.8, 4) is 5.75 Å². The van der Waals surface area contributed by atoms with Gasteiger partial charge >= 0.3 is 0 Å². The average Bonchev–Trinajstić information content (AvgIpc) is 2.95. The predicted molar refractivity (Wildman–Crippen MR) is 115 cm³/mol. The van der Waals surface area contributed by atoms with E-state index in [2.05, 4.69) is 5.32 Å². The van der Waals surface area contributed by atoms with Crippen LogP contribution < -0.4 is 15.0 Å². The van der Waals surface area contributed by atoms with Gasteiger partial charge in [-0.2, -0.15) is 4.31 Å². The summed E-state index contributed by atoms with van der Waals surface area (Å²) in [5.41, 5.74) is -0.948. The fraction of sp³-hybridized carbons (Fsp3) is 0.619. The zero-order valence-corrected chi connectivity index (χ0v) is 18.7. The molecular formula is C21H31N3O5S. The van der Waals surface area contributed by atoms with Crippen LogP contribution in [0.5, 0.6) is 5.75 Å². The highest BCUT2D eigenvalue weighted by Crippen LogP contribution is 2.36. The maximum atomic E-state index is 13.5. The summed E-state index contributed by atoms with van der Waals surface area (Å²) in [5.74, 6) is -0.358. The largest absolute Gasteiger partial charge is 0.495 e. The minimum atomic E-state index is -3.65. The Labute approximate surface area is 178 Å². The highest BCUT2D eigenvalue weighted by Gasteiger charge is 2.51. The third kappa shape index (κ3) is 4.62. The second-order valence-electron chi connectivity index (χ2n) is 8.37. The minimum absolute atomic E-state index is 0.0278. The number of anilines is 1. The maximum absolute atomic E-state index is 13.5. The Bertz CT molecular complexity index is 896. The average molecular weight is 438 g/mol. The lowest BCUT2D eigenvalue weighted by molar-refractivity contribution is -0.133. The minimum Gasteiger partial charge on any atom is -0.495 e. The molecule has 9 heteroatoms. The predicted octanol–water partition coefficient (Wildman–Crippen LogP) is 1.90. The summed E-state index contributed by atoms with van der Waals surface area (Å²) in [6, 6.07) is 7.00. The molecule has 0 unspecified atom stereocenters. The summed E-state index contributed by atoms with van der Waals surface area (Å²) >= 11 is 0. The molecule has 0 radical (unpaired) electrons. The SMILES string of the molecule is COc1ccccc1N1C(=O)CN(S(C)(=O)=O)C[C@]1(C)C(=O)NC1CCCCCC1. The smallest absolute Gasteiger partial charge is 0.247 e. The monoisotopic (exact) mass is 437 g/mol. The van der Waals surface area contributed by atoms with Gasteiger partial charge in [-0.1, -0.05) is 37.8 Å². The van der Waals surface area contributed by atoms with Crippen LogP contribution in [0.4, 0.5) is 5.69 Å². The number of hydrogen-bond acceptors (Lipinski definition) is 5. The molecule has 0 bridgehead atoms. The molecule has 30 heavy (non-hydrogen) atoms. The standard InChI is InChI=1S/C21H31N3O5S/c1-21(20(26)22-16-10-6-4-5-7-11-16)15-23(30(3,27)28)14-19(25)24(21)17-12-8-9-13-18(17)29-2/h8-9,12-13,16H,4-7,10-11,14-15H2,1-3H3,(H,22,26)/t21-/m1/s1. The van der Waals surface area contributed by atoms with Crippen molar-refractivity contribution in [3.63, 3.8) is 0 Å². The third-order valence-corrected chi connectivity index (χ3v) is 7.21. The van der Waals surface area contributed by atoms with Gasteiger partial charge in [0.2, 0.25) is 21.8 Å². The quantitative estimate of drug-likeness (QED) is 0.710. The fourth-order valence-electron chi connectivity index (χ4n) is 4.35. The molecule has 3 rings (SSSR count). The lowest BCUT2D eigenvalue weighted by Gasteiger charge is -2.47. The molecule has 2 fully saturated rings. The van der Waals surface area contributed by atoms with Gasteiger partial charge in [-0.05, 0) is 31.9 Å². The van der Waals surface area contributed by atoms with Gasteiger partial charge in [0.05, 0.1) is 25.6 Å². The number of benzene rings is 1. The van der Waals surface area contributed by atoms with E-state index in [9.17, 15) is 18.0 Å². The summed E-state index contributed by atoms with van der Waals surface area (Å²) in [4.78, 5) is 28.1. The van der Waals surface area contributed by atoms with Gasteiger partial charge in [0.1, 0.15) is 11.3 Å². The Morgan fingerprint density at radius 3 is 2.40 bits per heavy atom. The first-order valence-corrected chi connectivity index (χ1v) is 12.2. The molecule has 1 saturated heterocycles. The van der Waals surface area contributed by atoms with E-state index < -0.39 is 21.5 Å². The van der Waals surface area contributed by atoms with E-state index in [4.69, 9.17) is 4.74 Å². The first kappa shape index (κ1) is 22.6. The summed E-state index contributed by atoms with van der Waals surface area (Å²) < 4.78 is 31.0. The van der Waals surface area contributed by atoms with Crippen molar-refractivity contribution >= 4 is 27.5 Å². The first-order chi connectivity index (χ1) is 14.2. The number of amides is 2. The van der Waals surface area contributed by atoms with E-state index in [1.807, 2.05) is 0 Å². The van der Waals surface area contributed by atoms with Crippen molar-refractivity contribution in [2.45, 2.75) is 57.0 Å². The van der Waals surface area contributed by atoms with E-state index in [1.165, 1.54) is 12.0 Å². The number of ether oxygens (including phenoxy) is 1. The Kier molecular flexibility index (Phi) is 6.71. The number of para-hydroxylation sites is 2. The van der Waals surface area contributed by atoms with Crippen LogP contribution in [-0.2, 0) is 19.6 Å². The normalized spacial score (nSPS) is 24.4. The molecule has 1 aromatic carbocycles. The molecule has 1 saturated carbocycles. The summed E-state index contributed by atoms with van der Waals surface area (Å²) in [6.45, 7) is 1.19. The van der Waals surface area contributed by atoms with Crippen LogP contribution in [0.25, 0.3) is 0 Å². The van der Waals surface area contributed by atoms with Gasteiger partial charge < -0.3 is 10.1 Å². The van der Waals surface area contributed by atoms with Gasteiger partial charge in [0.15, 0.2) is 0 Å². The van der Waals surface area contributed by atoms with Crippen molar-refractivity contribution in [2.24, 2.45) is 0 Å². The Morgan fingerprint density at radius 2 is 1.80 bits per heavy atom. The second-order valence-corrected chi connectivity index (χ2v) is 10.4. The van der Waals surface area contributed by atoms with Crippen LogP contribution in [0, 0.1) is 0 Å². The topological polar surface area (TPSA) is 96.0 Å². The molecule has 0 spiro atoms. The summed E-state index contributed by atoms with van der Waals surface area (Å²) in [5, 5.41) is 3.10. The second kappa shape index (κ2) is 8.93. The first-order valence-electron chi connectivity index (χ1n) is 10.4. The number of piperazine rings is 1. The van der Waals surface area contributed by atoms with Crippen molar-refractivity contribution in [1.29, 1.82) is 0 Å². The zero-order chi connectivity index (χ0) is 21.9. The van der Waals surface area contributed by atoms with Crippen LogP contribution in [-0.4, -0.2) is 62.6 Å². The highest BCUT2D eigenvalue weighted by atomic mass is 32.2. The molecule has 1 aliphatic heterocycles. The number of hydrogen-bond donors (Lipinski definition) is 1. The number of rotatable bonds is 5. The van der Waals surface area contributed by atoms with Gasteiger partial charge in [-0.3, -0.25) is 14.5 Å². The molecule has 166 valence electrons. The van der Waals surface area contributed by atoms with Crippen molar-refractivity contribution in [1.82, 2.24) is 9.62 Å². The van der Waals surface area contributed by atoms with Crippen LogP contribution in [0.3, 0.4) is 0 Å². The van der Waals surface area contributed by atoms with E-state index >= 15 is 0 Å². The van der Waals surface area contributed by atoms with Crippen molar-refractivity contribution in [3.05, 3.63) is 24.3 Å². The number of sulfonamides is 1. The summed E-state index contributed by atoms with van der Waals surface area (Å²) in [6.07, 6.45) is 7.23. The molecule has 2 aliphatic rings. The Balaban J connectivity index is 2.00. The molecule has 8 nitrogen and oxygen atoms in total. The van der Waals surface area contributed by atoms with E-state index in [-0.39, 0.29) is 25.0 Å². The molecule has 1 N–H and O–H groups in total. The van der Waals surface area contributed by atoms with E-state index in [0.717, 1.165) is 49.1 Å². The molecule has 2 amide bonds. The molecule has 0 aromatic heterocycles. The third-order valence-electron chi connectivity index (χ3n) is 6.01. The van der Waals surface area contributed by atoms with Crippen LogP contribution in [0.1, 0.15) is 45.4 Å². The lowest BCUT2D eigenvalue weighted by Crippen LogP contribution is -2.70. The summed E-state index contributed by atoms with van der Waals surface area (Å²) in [7, 11) is -2.15. The Hall–Kier alpha value is -2.13. The number of methoxy groups -OCH3 is 1. The number of carbonyl (C=O) groups is 2. The van der Waals surface area contributed by atoms with Gasteiger partial charge in [-0.25, -0.2) is 8.42 Å².